The first-order valence-corrected chi connectivity index (χ1v) is 18.3. The Morgan fingerprint density at radius 3 is 2.20 bits per heavy atom. The van der Waals surface area contributed by atoms with Gasteiger partial charge in [-0.1, -0.05) is 110 Å². The fourth-order valence-electron chi connectivity index (χ4n) is 8.52. The topological polar surface area (TPSA) is 17.0 Å². The molecule has 2 atom stereocenters. The fourth-order valence-corrected chi connectivity index (χ4v) is 9.61. The molecule has 3 heteroatoms. The third-order valence-corrected chi connectivity index (χ3v) is 12.1. The molecule has 1 aliphatic heterocycles. The van der Waals surface area contributed by atoms with Gasteiger partial charge in [-0.2, -0.15) is 0 Å². The van der Waals surface area contributed by atoms with E-state index in [-0.39, 0.29) is 0 Å². The molecule has 11 rings (SSSR count). The molecule has 0 saturated heterocycles. The molecule has 0 bridgehead atoms. The molecule has 50 heavy (non-hydrogen) atoms. The van der Waals surface area contributed by atoms with Crippen molar-refractivity contribution < 1.29 is 0 Å². The van der Waals surface area contributed by atoms with Crippen LogP contribution in [0.3, 0.4) is 0 Å². The average Bonchev–Trinajstić information content (AvgIpc) is 3.84. The van der Waals surface area contributed by atoms with Crippen molar-refractivity contribution in [1.82, 2.24) is 4.57 Å². The first kappa shape index (κ1) is 28.0. The Labute approximate surface area is 294 Å². The standard InChI is InChI=1S/C47H32N2S/c1-28-9-8-14-38-35-20-17-31(26-41(35)48-47(28)38)29-18-21-43-39(24-29)36-12-4-6-15-42(36)49(43)44-27-33(23-32-10-2-3-11-34(32)44)30-19-22-46-40(25-30)37-13-5-7-16-45(37)50-46/h2-28,47-48H,1H3. The van der Waals surface area contributed by atoms with E-state index in [9.17, 15) is 0 Å². The van der Waals surface area contributed by atoms with Crippen LogP contribution in [0.15, 0.2) is 158 Å². The molecule has 3 heterocycles. The Hall–Kier alpha value is -5.90. The number of nitrogens with zero attached hydrogens (tertiary/aromatic N) is 1. The molecule has 236 valence electrons. The molecule has 0 saturated carbocycles. The van der Waals surface area contributed by atoms with Crippen LogP contribution in [0.5, 0.6) is 0 Å². The molecular weight excluding hydrogens is 625 g/mol. The van der Waals surface area contributed by atoms with E-state index in [1.165, 1.54) is 97.5 Å². The molecule has 2 unspecified atom stereocenters. The van der Waals surface area contributed by atoms with Crippen LogP contribution >= 0.6 is 11.3 Å². The van der Waals surface area contributed by atoms with Gasteiger partial charge in [0.2, 0.25) is 0 Å². The van der Waals surface area contributed by atoms with E-state index >= 15 is 0 Å². The lowest BCUT2D eigenvalue weighted by Gasteiger charge is -2.21. The first-order valence-electron chi connectivity index (χ1n) is 17.5. The van der Waals surface area contributed by atoms with Crippen LogP contribution in [0.25, 0.3) is 86.3 Å². The summed E-state index contributed by atoms with van der Waals surface area (Å²) in [6.45, 7) is 2.29. The van der Waals surface area contributed by atoms with Crippen molar-refractivity contribution in [2.75, 3.05) is 5.32 Å². The van der Waals surface area contributed by atoms with Crippen molar-refractivity contribution in [1.29, 1.82) is 0 Å². The summed E-state index contributed by atoms with van der Waals surface area (Å²) in [5.41, 5.74) is 12.5. The number of allylic oxidation sites excluding steroid dienone is 2. The van der Waals surface area contributed by atoms with Crippen molar-refractivity contribution in [2.24, 2.45) is 5.92 Å². The maximum atomic E-state index is 3.82. The van der Waals surface area contributed by atoms with E-state index in [1.54, 1.807) is 0 Å². The Balaban J connectivity index is 1.10. The SMILES string of the molecule is CC1C=CC=C2c3ccc(-c4ccc5c(c4)c4ccccc4n5-c4cc(-c5ccc6sc7ccccc7c6c5)cc5ccccc45)cc3NC21. The van der Waals surface area contributed by atoms with Crippen LogP contribution in [-0.4, -0.2) is 10.6 Å². The first-order chi connectivity index (χ1) is 24.7. The van der Waals surface area contributed by atoms with E-state index in [1.807, 2.05) is 11.3 Å². The smallest absolute Gasteiger partial charge is 0.0580 e. The maximum Gasteiger partial charge on any atom is 0.0580 e. The van der Waals surface area contributed by atoms with Gasteiger partial charge in [-0.15, -0.1) is 11.3 Å². The van der Waals surface area contributed by atoms with Gasteiger partial charge in [0.05, 0.1) is 22.8 Å². The summed E-state index contributed by atoms with van der Waals surface area (Å²) in [7, 11) is 0. The lowest BCUT2D eigenvalue weighted by Crippen LogP contribution is -2.23. The van der Waals surface area contributed by atoms with Gasteiger partial charge in [-0.25, -0.2) is 0 Å². The number of hydrogen-bond acceptors (Lipinski definition) is 2. The second kappa shape index (κ2) is 10.5. The number of para-hydroxylation sites is 1. The van der Waals surface area contributed by atoms with Crippen molar-refractivity contribution in [3.8, 4) is 27.9 Å². The van der Waals surface area contributed by atoms with E-state index in [0.29, 0.717) is 12.0 Å². The Morgan fingerprint density at radius 2 is 1.26 bits per heavy atom. The minimum atomic E-state index is 0.350. The number of anilines is 1. The highest BCUT2D eigenvalue weighted by Crippen LogP contribution is 2.44. The molecule has 0 amide bonds. The zero-order chi connectivity index (χ0) is 32.9. The fraction of sp³-hybridized carbons (Fsp3) is 0.0638. The van der Waals surface area contributed by atoms with Crippen LogP contribution in [0.4, 0.5) is 5.69 Å². The summed E-state index contributed by atoms with van der Waals surface area (Å²) in [5.74, 6) is 0.473. The molecular formula is C47H32N2S. The van der Waals surface area contributed by atoms with E-state index in [4.69, 9.17) is 0 Å². The van der Waals surface area contributed by atoms with Crippen molar-refractivity contribution in [3.05, 3.63) is 163 Å². The van der Waals surface area contributed by atoms with Crippen molar-refractivity contribution in [2.45, 2.75) is 13.0 Å². The summed E-state index contributed by atoms with van der Waals surface area (Å²) in [4.78, 5) is 0. The number of hydrogen-bond donors (Lipinski definition) is 1. The van der Waals surface area contributed by atoms with Crippen LogP contribution in [-0.2, 0) is 0 Å². The molecule has 1 aliphatic carbocycles. The number of rotatable bonds is 3. The van der Waals surface area contributed by atoms with Crippen LogP contribution in [0, 0.1) is 5.92 Å². The van der Waals surface area contributed by atoms with Gasteiger partial charge in [0, 0.05) is 47.6 Å². The second-order valence-corrected chi connectivity index (χ2v) is 14.9. The zero-order valence-electron chi connectivity index (χ0n) is 27.5. The predicted molar refractivity (Wildman–Crippen MR) is 216 cm³/mol. The minimum absolute atomic E-state index is 0.350. The molecule has 9 aromatic rings. The Kier molecular flexibility index (Phi) is 5.90. The van der Waals surface area contributed by atoms with Gasteiger partial charge in [0.25, 0.3) is 0 Å². The third kappa shape index (κ3) is 4.08. The molecule has 2 aromatic heterocycles. The van der Waals surface area contributed by atoms with Gasteiger partial charge >= 0.3 is 0 Å². The Morgan fingerprint density at radius 1 is 0.560 bits per heavy atom. The zero-order valence-corrected chi connectivity index (χ0v) is 28.3. The minimum Gasteiger partial charge on any atom is -0.377 e. The number of nitrogens with one attached hydrogen (secondary N) is 1. The third-order valence-electron chi connectivity index (χ3n) is 11.0. The molecule has 2 nitrogen and oxygen atoms in total. The molecule has 1 N–H and O–H groups in total. The highest BCUT2D eigenvalue weighted by molar-refractivity contribution is 7.25. The highest BCUT2D eigenvalue weighted by atomic mass is 32.1. The number of fused-ring (bicyclic) bond motifs is 10. The summed E-state index contributed by atoms with van der Waals surface area (Å²) >= 11 is 1.87. The Bertz CT molecular complexity index is 2930. The van der Waals surface area contributed by atoms with Crippen LogP contribution in [0.1, 0.15) is 12.5 Å². The maximum absolute atomic E-state index is 3.82. The van der Waals surface area contributed by atoms with Crippen molar-refractivity contribution in [3.63, 3.8) is 0 Å². The predicted octanol–water partition coefficient (Wildman–Crippen LogP) is 13.0. The monoisotopic (exact) mass is 656 g/mol. The van der Waals surface area contributed by atoms with Gasteiger partial charge < -0.3 is 9.88 Å². The summed E-state index contributed by atoms with van der Waals surface area (Å²) in [6, 6.07) is 52.5. The lowest BCUT2D eigenvalue weighted by molar-refractivity contribution is 0.684. The largest absolute Gasteiger partial charge is 0.377 e. The van der Waals surface area contributed by atoms with Crippen molar-refractivity contribution >= 4 is 75.3 Å². The van der Waals surface area contributed by atoms with Gasteiger partial charge in [-0.3, -0.25) is 0 Å². The van der Waals surface area contributed by atoms with E-state index in [2.05, 4.69) is 175 Å². The van der Waals surface area contributed by atoms with Crippen LogP contribution in [0.2, 0.25) is 0 Å². The summed E-state index contributed by atoms with van der Waals surface area (Å²) in [5, 5.41) is 11.5. The quantitative estimate of drug-likeness (QED) is 0.200. The van der Waals surface area contributed by atoms with E-state index in [0.717, 1.165) is 0 Å². The number of benzene rings is 7. The highest BCUT2D eigenvalue weighted by Gasteiger charge is 2.31. The van der Waals surface area contributed by atoms with Gasteiger partial charge in [-0.05, 0) is 93.7 Å². The number of thiophene rings is 1. The molecule has 0 radical (unpaired) electrons. The van der Waals surface area contributed by atoms with Gasteiger partial charge in [0.15, 0.2) is 0 Å². The number of aromatic nitrogens is 1. The molecule has 0 spiro atoms. The second-order valence-electron chi connectivity index (χ2n) is 13.9. The average molecular weight is 657 g/mol. The normalized spacial score (nSPS) is 16.7. The van der Waals surface area contributed by atoms with E-state index < -0.39 is 0 Å². The molecule has 2 aliphatic rings. The summed E-state index contributed by atoms with van der Waals surface area (Å²) < 4.78 is 5.14. The molecule has 7 aromatic carbocycles. The van der Waals surface area contributed by atoms with Gasteiger partial charge in [0.1, 0.15) is 0 Å². The summed E-state index contributed by atoms with van der Waals surface area (Å²) in [6.07, 6.45) is 6.76. The molecule has 0 fully saturated rings. The lowest BCUT2D eigenvalue weighted by atomic mass is 9.89. The van der Waals surface area contributed by atoms with Crippen LogP contribution < -0.4 is 5.32 Å².